The van der Waals surface area contributed by atoms with Gasteiger partial charge < -0.3 is 15.7 Å². The molecule has 0 radical (unpaired) electrons. The van der Waals surface area contributed by atoms with Crippen molar-refractivity contribution >= 4 is 6.03 Å². The topological polar surface area (TPSA) is 61.4 Å². The van der Waals surface area contributed by atoms with Crippen LogP contribution >= 0.6 is 0 Å². The van der Waals surface area contributed by atoms with Crippen LogP contribution in [-0.2, 0) is 18.6 Å². The van der Waals surface area contributed by atoms with E-state index in [9.17, 15) is 9.90 Å². The Hall–Kier alpha value is -2.33. The van der Waals surface area contributed by atoms with Crippen LogP contribution in [0.5, 0.6) is 0 Å². The Kier molecular flexibility index (Phi) is 4.63. The van der Waals surface area contributed by atoms with Gasteiger partial charge in [0.25, 0.3) is 0 Å². The molecule has 0 heterocycles. The van der Waals surface area contributed by atoms with E-state index in [-0.39, 0.29) is 18.1 Å². The Morgan fingerprint density at radius 1 is 0.957 bits per heavy atom. The number of carbonyl (C=O) groups is 1. The molecular formula is C19H22N2O2. The molecule has 0 atom stereocenters. The fraction of sp³-hybridized carbons (Fsp3) is 0.316. The normalized spacial score (nSPS) is 15.0. The molecule has 2 amide bonds. The Bertz CT molecular complexity index is 666. The Morgan fingerprint density at radius 2 is 1.61 bits per heavy atom. The lowest BCUT2D eigenvalue weighted by Gasteiger charge is -2.17. The van der Waals surface area contributed by atoms with Gasteiger partial charge in [-0.1, -0.05) is 54.6 Å². The van der Waals surface area contributed by atoms with Crippen LogP contribution in [0.15, 0.2) is 54.6 Å². The first-order chi connectivity index (χ1) is 11.2. The molecule has 4 heteroatoms. The van der Waals surface area contributed by atoms with Crippen LogP contribution in [0.25, 0.3) is 0 Å². The van der Waals surface area contributed by atoms with Gasteiger partial charge in [-0.2, -0.15) is 0 Å². The summed E-state index contributed by atoms with van der Waals surface area (Å²) in [7, 11) is 0. The third-order valence-electron chi connectivity index (χ3n) is 4.56. The zero-order valence-electron chi connectivity index (χ0n) is 13.1. The predicted molar refractivity (Wildman–Crippen MR) is 90.0 cm³/mol. The summed E-state index contributed by atoms with van der Waals surface area (Å²) in [5, 5.41) is 15.1. The van der Waals surface area contributed by atoms with Gasteiger partial charge >= 0.3 is 6.03 Å². The van der Waals surface area contributed by atoms with Gasteiger partial charge in [0.15, 0.2) is 0 Å². The smallest absolute Gasteiger partial charge is 0.315 e. The molecule has 1 aliphatic carbocycles. The summed E-state index contributed by atoms with van der Waals surface area (Å²) in [6.07, 6.45) is 2.23. The molecule has 0 saturated heterocycles. The molecule has 0 aliphatic heterocycles. The van der Waals surface area contributed by atoms with E-state index >= 15 is 0 Å². The Labute approximate surface area is 136 Å². The van der Waals surface area contributed by atoms with Gasteiger partial charge in [-0.15, -0.1) is 0 Å². The summed E-state index contributed by atoms with van der Waals surface area (Å²) in [5.74, 6) is 0. The zero-order chi connectivity index (χ0) is 16.1. The summed E-state index contributed by atoms with van der Waals surface area (Å²) in [5.41, 5.74) is 3.19. The SMILES string of the molecule is O=C(NCc1ccccc1CO)NCC1(c2ccccc2)CC1. The lowest BCUT2D eigenvalue weighted by atomic mass is 9.96. The van der Waals surface area contributed by atoms with Crippen molar-refractivity contribution in [1.82, 2.24) is 10.6 Å². The maximum absolute atomic E-state index is 12.0. The maximum Gasteiger partial charge on any atom is 0.315 e. The lowest BCUT2D eigenvalue weighted by molar-refractivity contribution is 0.239. The molecular weight excluding hydrogens is 288 g/mol. The zero-order valence-corrected chi connectivity index (χ0v) is 13.1. The quantitative estimate of drug-likeness (QED) is 0.768. The van der Waals surface area contributed by atoms with Gasteiger partial charge in [-0.05, 0) is 29.5 Å². The van der Waals surface area contributed by atoms with Gasteiger partial charge in [-0.25, -0.2) is 4.79 Å². The number of hydrogen-bond acceptors (Lipinski definition) is 2. The minimum absolute atomic E-state index is 0.0173. The minimum atomic E-state index is -0.167. The average Bonchev–Trinajstić information content (AvgIpc) is 3.40. The van der Waals surface area contributed by atoms with E-state index in [0.717, 1.165) is 24.0 Å². The van der Waals surface area contributed by atoms with Crippen LogP contribution in [0.4, 0.5) is 4.79 Å². The average molecular weight is 310 g/mol. The molecule has 2 aromatic carbocycles. The van der Waals surface area contributed by atoms with Crippen molar-refractivity contribution in [1.29, 1.82) is 0 Å². The van der Waals surface area contributed by atoms with E-state index in [0.29, 0.717) is 13.1 Å². The molecule has 2 aromatic rings. The molecule has 0 unspecified atom stereocenters. The van der Waals surface area contributed by atoms with Gasteiger partial charge in [-0.3, -0.25) is 0 Å². The Balaban J connectivity index is 1.51. The molecule has 0 spiro atoms. The number of benzene rings is 2. The van der Waals surface area contributed by atoms with Crippen LogP contribution in [0, 0.1) is 0 Å². The second kappa shape index (κ2) is 6.84. The first-order valence-corrected chi connectivity index (χ1v) is 7.98. The highest BCUT2D eigenvalue weighted by atomic mass is 16.3. The van der Waals surface area contributed by atoms with E-state index in [1.54, 1.807) is 0 Å². The van der Waals surface area contributed by atoms with E-state index in [1.165, 1.54) is 5.56 Å². The number of nitrogens with one attached hydrogen (secondary N) is 2. The number of hydrogen-bond donors (Lipinski definition) is 3. The number of aliphatic hydroxyl groups is 1. The standard InChI is InChI=1S/C19H22N2O2/c22-13-16-7-5-4-6-15(16)12-20-18(23)21-14-19(10-11-19)17-8-2-1-3-9-17/h1-9,22H,10-14H2,(H2,20,21,23). The highest BCUT2D eigenvalue weighted by Crippen LogP contribution is 2.47. The molecule has 1 fully saturated rings. The third-order valence-corrected chi connectivity index (χ3v) is 4.56. The number of urea groups is 1. The fourth-order valence-electron chi connectivity index (χ4n) is 2.88. The number of aliphatic hydroxyl groups excluding tert-OH is 1. The van der Waals surface area contributed by atoms with E-state index in [1.807, 2.05) is 42.5 Å². The van der Waals surface area contributed by atoms with Gasteiger partial charge in [0.05, 0.1) is 6.61 Å². The van der Waals surface area contributed by atoms with Crippen LogP contribution < -0.4 is 10.6 Å². The summed E-state index contributed by atoms with van der Waals surface area (Å²) in [4.78, 5) is 12.0. The van der Waals surface area contributed by atoms with Crippen molar-refractivity contribution in [3.05, 3.63) is 71.3 Å². The van der Waals surface area contributed by atoms with Crippen molar-refractivity contribution in [2.45, 2.75) is 31.4 Å². The number of amides is 2. The molecule has 4 nitrogen and oxygen atoms in total. The summed E-state index contributed by atoms with van der Waals surface area (Å²) < 4.78 is 0. The molecule has 23 heavy (non-hydrogen) atoms. The second-order valence-electron chi connectivity index (χ2n) is 6.11. The first kappa shape index (κ1) is 15.6. The van der Waals surface area contributed by atoms with E-state index in [2.05, 4.69) is 22.8 Å². The number of carbonyl (C=O) groups excluding carboxylic acids is 1. The first-order valence-electron chi connectivity index (χ1n) is 7.98. The van der Waals surface area contributed by atoms with Gasteiger partial charge in [0.1, 0.15) is 0 Å². The van der Waals surface area contributed by atoms with Crippen molar-refractivity contribution in [3.8, 4) is 0 Å². The molecule has 0 bridgehead atoms. The molecule has 1 saturated carbocycles. The summed E-state index contributed by atoms with van der Waals surface area (Å²) in [6, 6.07) is 17.8. The van der Waals surface area contributed by atoms with Crippen LogP contribution in [0.3, 0.4) is 0 Å². The predicted octanol–water partition coefficient (Wildman–Crippen LogP) is 2.71. The fourth-order valence-corrected chi connectivity index (χ4v) is 2.88. The van der Waals surface area contributed by atoms with Crippen LogP contribution in [-0.4, -0.2) is 17.7 Å². The second-order valence-corrected chi connectivity index (χ2v) is 6.11. The molecule has 3 rings (SSSR count). The Morgan fingerprint density at radius 3 is 2.26 bits per heavy atom. The van der Waals surface area contributed by atoms with Crippen molar-refractivity contribution in [2.24, 2.45) is 0 Å². The minimum Gasteiger partial charge on any atom is -0.392 e. The largest absolute Gasteiger partial charge is 0.392 e. The highest BCUT2D eigenvalue weighted by Gasteiger charge is 2.44. The van der Waals surface area contributed by atoms with Crippen LogP contribution in [0.1, 0.15) is 29.5 Å². The van der Waals surface area contributed by atoms with E-state index in [4.69, 9.17) is 0 Å². The lowest BCUT2D eigenvalue weighted by Crippen LogP contribution is -2.39. The number of rotatable bonds is 6. The van der Waals surface area contributed by atoms with Crippen molar-refractivity contribution in [2.75, 3.05) is 6.54 Å². The van der Waals surface area contributed by atoms with E-state index < -0.39 is 0 Å². The van der Waals surface area contributed by atoms with Gasteiger partial charge in [0.2, 0.25) is 0 Å². The van der Waals surface area contributed by atoms with Crippen molar-refractivity contribution in [3.63, 3.8) is 0 Å². The van der Waals surface area contributed by atoms with Crippen LogP contribution in [0.2, 0.25) is 0 Å². The molecule has 3 N–H and O–H groups in total. The summed E-state index contributed by atoms with van der Waals surface area (Å²) in [6.45, 7) is 1.06. The summed E-state index contributed by atoms with van der Waals surface area (Å²) >= 11 is 0. The highest BCUT2D eigenvalue weighted by molar-refractivity contribution is 5.74. The molecule has 1 aliphatic rings. The van der Waals surface area contributed by atoms with Gasteiger partial charge in [0, 0.05) is 18.5 Å². The molecule has 120 valence electrons. The monoisotopic (exact) mass is 310 g/mol. The molecule has 0 aromatic heterocycles. The van der Waals surface area contributed by atoms with Crippen molar-refractivity contribution < 1.29 is 9.90 Å². The third kappa shape index (κ3) is 3.71. The maximum atomic E-state index is 12.0.